The van der Waals surface area contributed by atoms with E-state index in [0.717, 1.165) is 27.9 Å². The van der Waals surface area contributed by atoms with E-state index in [0.29, 0.717) is 6.42 Å². The number of allylic oxidation sites excluding steroid dienone is 1. The van der Waals surface area contributed by atoms with E-state index in [2.05, 4.69) is 23.8 Å². The lowest BCUT2D eigenvalue weighted by Crippen LogP contribution is -2.15. The van der Waals surface area contributed by atoms with Crippen molar-refractivity contribution in [3.8, 4) is 0 Å². The summed E-state index contributed by atoms with van der Waals surface area (Å²) in [6.45, 7) is 7.64. The number of halogens is 1. The number of aromatic nitrogens is 3. The fourth-order valence-corrected chi connectivity index (χ4v) is 4.68. The molecule has 8 heteroatoms. The van der Waals surface area contributed by atoms with E-state index in [9.17, 15) is 12.8 Å². The molecule has 3 aromatic heterocycles. The molecule has 0 aromatic carbocycles. The van der Waals surface area contributed by atoms with E-state index in [-0.39, 0.29) is 29.9 Å². The summed E-state index contributed by atoms with van der Waals surface area (Å²) in [7, 11) is -3.42. The first-order valence-corrected chi connectivity index (χ1v) is 11.9. The summed E-state index contributed by atoms with van der Waals surface area (Å²) in [6.07, 6.45) is 5.22. The maximum Gasteiger partial charge on any atom is 0.197 e. The topological polar surface area (TPSA) is 90.9 Å². The van der Waals surface area contributed by atoms with Crippen molar-refractivity contribution in [1.29, 1.82) is 0 Å². The first-order valence-electron chi connectivity index (χ1n) is 10.4. The molecule has 6 nitrogen and oxygen atoms in total. The molecule has 0 radical (unpaired) electrons. The largest absolute Gasteiger partial charge is 0.336 e. The maximum absolute atomic E-state index is 14.4. The van der Waals surface area contributed by atoms with Gasteiger partial charge in [0.05, 0.1) is 22.8 Å². The molecule has 0 amide bonds. The average molecular weight is 445 g/mol. The molecular weight excluding hydrogens is 415 g/mol. The Morgan fingerprint density at radius 3 is 2.52 bits per heavy atom. The van der Waals surface area contributed by atoms with E-state index < -0.39 is 15.1 Å². The zero-order chi connectivity index (χ0) is 22.8. The minimum atomic E-state index is -3.42. The van der Waals surface area contributed by atoms with Crippen LogP contribution < -0.4 is 5.73 Å². The van der Waals surface area contributed by atoms with E-state index in [1.54, 1.807) is 38.4 Å². The Bertz CT molecular complexity index is 1200. The van der Waals surface area contributed by atoms with Gasteiger partial charge in [0.15, 0.2) is 14.9 Å². The summed E-state index contributed by atoms with van der Waals surface area (Å²) in [4.78, 5) is 8.77. The highest BCUT2D eigenvalue weighted by molar-refractivity contribution is 7.91. The van der Waals surface area contributed by atoms with Gasteiger partial charge >= 0.3 is 0 Å². The van der Waals surface area contributed by atoms with Crippen molar-refractivity contribution < 1.29 is 12.8 Å². The molecule has 3 rings (SSSR count). The van der Waals surface area contributed by atoms with Gasteiger partial charge in [-0.1, -0.05) is 19.9 Å². The fourth-order valence-electron chi connectivity index (χ4n) is 3.74. The molecule has 0 bridgehead atoms. The van der Waals surface area contributed by atoms with Gasteiger partial charge in [-0.2, -0.15) is 0 Å². The second-order valence-electron chi connectivity index (χ2n) is 8.14. The van der Waals surface area contributed by atoms with E-state index >= 15 is 0 Å². The highest BCUT2D eigenvalue weighted by Crippen LogP contribution is 2.32. The molecule has 0 unspecified atom stereocenters. The second kappa shape index (κ2) is 9.28. The van der Waals surface area contributed by atoms with Gasteiger partial charge in [-0.15, -0.1) is 0 Å². The Hall–Kier alpha value is -2.58. The van der Waals surface area contributed by atoms with Crippen molar-refractivity contribution in [3.05, 3.63) is 65.4 Å². The number of pyridine rings is 2. The van der Waals surface area contributed by atoms with E-state index in [1.807, 2.05) is 16.7 Å². The molecule has 0 aliphatic heterocycles. The van der Waals surface area contributed by atoms with Gasteiger partial charge in [-0.05, 0) is 49.6 Å². The van der Waals surface area contributed by atoms with Crippen LogP contribution in [0.1, 0.15) is 50.4 Å². The number of hydrogen-bond acceptors (Lipinski definition) is 5. The zero-order valence-electron chi connectivity index (χ0n) is 18.3. The molecule has 31 heavy (non-hydrogen) atoms. The van der Waals surface area contributed by atoms with Crippen molar-refractivity contribution in [2.75, 3.05) is 6.54 Å². The minimum Gasteiger partial charge on any atom is -0.336 e. The van der Waals surface area contributed by atoms with Gasteiger partial charge in [0.1, 0.15) is 5.83 Å². The lowest BCUT2D eigenvalue weighted by atomic mass is 9.99. The molecule has 0 saturated heterocycles. The quantitative estimate of drug-likeness (QED) is 0.564. The van der Waals surface area contributed by atoms with Gasteiger partial charge in [-0.3, -0.25) is 4.98 Å². The molecule has 0 fully saturated rings. The molecule has 3 heterocycles. The summed E-state index contributed by atoms with van der Waals surface area (Å²) in [6, 6.07) is 7.11. The van der Waals surface area contributed by atoms with Crippen LogP contribution in [0.4, 0.5) is 4.39 Å². The van der Waals surface area contributed by atoms with Gasteiger partial charge in [-0.25, -0.2) is 17.8 Å². The van der Waals surface area contributed by atoms with Crippen molar-refractivity contribution in [2.45, 2.75) is 56.9 Å². The summed E-state index contributed by atoms with van der Waals surface area (Å²) >= 11 is 0. The maximum atomic E-state index is 14.4. The SMILES string of the molecule is CC(C)c1c(Cc2ccc(S(=O)(=O)C(C)C)nc2)c2ncccc2n1C/C(F)=C/CN. The molecule has 166 valence electrons. The van der Waals surface area contributed by atoms with Gasteiger partial charge in [0.2, 0.25) is 0 Å². The van der Waals surface area contributed by atoms with Crippen molar-refractivity contribution in [2.24, 2.45) is 5.73 Å². The van der Waals surface area contributed by atoms with Crippen LogP contribution in [0.3, 0.4) is 0 Å². The molecule has 0 saturated carbocycles. The summed E-state index contributed by atoms with van der Waals surface area (Å²) in [5, 5.41) is -0.457. The van der Waals surface area contributed by atoms with Gasteiger partial charge in [0.25, 0.3) is 0 Å². The van der Waals surface area contributed by atoms with E-state index in [4.69, 9.17) is 5.73 Å². The van der Waals surface area contributed by atoms with Crippen molar-refractivity contribution >= 4 is 20.9 Å². The number of nitrogens with two attached hydrogens (primary N) is 1. The Kier molecular flexibility index (Phi) is 6.91. The Morgan fingerprint density at radius 2 is 1.94 bits per heavy atom. The van der Waals surface area contributed by atoms with Crippen LogP contribution >= 0.6 is 0 Å². The average Bonchev–Trinajstić information content (AvgIpc) is 3.02. The summed E-state index contributed by atoms with van der Waals surface area (Å²) < 4.78 is 41.1. The van der Waals surface area contributed by atoms with Crippen LogP contribution in [0, 0.1) is 0 Å². The zero-order valence-corrected chi connectivity index (χ0v) is 19.2. The Labute approximate surface area is 182 Å². The van der Waals surface area contributed by atoms with Crippen molar-refractivity contribution in [3.63, 3.8) is 0 Å². The van der Waals surface area contributed by atoms with Crippen LogP contribution in [0.5, 0.6) is 0 Å². The molecule has 0 aliphatic rings. The predicted octanol–water partition coefficient (Wildman–Crippen LogP) is 4.14. The highest BCUT2D eigenvalue weighted by atomic mass is 32.2. The molecule has 2 N–H and O–H groups in total. The normalized spacial score (nSPS) is 13.0. The third-order valence-electron chi connectivity index (χ3n) is 5.25. The highest BCUT2D eigenvalue weighted by Gasteiger charge is 2.23. The first-order chi connectivity index (χ1) is 14.7. The number of hydrogen-bond donors (Lipinski definition) is 1. The summed E-state index contributed by atoms with van der Waals surface area (Å²) in [5.74, 6) is -0.162. The molecule has 0 aliphatic carbocycles. The fraction of sp³-hybridized carbons (Fsp3) is 0.391. The number of rotatable bonds is 8. The van der Waals surface area contributed by atoms with Crippen LogP contribution in [0.25, 0.3) is 11.0 Å². The van der Waals surface area contributed by atoms with Gasteiger partial charge < -0.3 is 10.3 Å². The number of sulfone groups is 1. The molecule has 3 aromatic rings. The summed E-state index contributed by atoms with van der Waals surface area (Å²) in [5.41, 5.74) is 10.00. The van der Waals surface area contributed by atoms with E-state index in [1.165, 1.54) is 6.08 Å². The van der Waals surface area contributed by atoms with Gasteiger partial charge in [0, 0.05) is 36.6 Å². The van der Waals surface area contributed by atoms with Crippen LogP contribution in [0.2, 0.25) is 0 Å². The Morgan fingerprint density at radius 1 is 1.19 bits per heavy atom. The monoisotopic (exact) mass is 444 g/mol. The number of nitrogens with zero attached hydrogens (tertiary/aromatic N) is 3. The third kappa shape index (κ3) is 4.70. The Balaban J connectivity index is 2.08. The lowest BCUT2D eigenvalue weighted by Gasteiger charge is -2.15. The molecular formula is C23H29FN4O2S. The standard InChI is InChI=1S/C23H29FN4O2S/c1-15(2)23-19(12-17-7-8-21(27-13-17)31(29,30)16(3)4)22-20(6-5-11-26-22)28(23)14-18(24)9-10-25/h5-9,11,13,15-16H,10,12,14,25H2,1-4H3/b18-9-. The number of fused-ring (bicyclic) bond motifs is 1. The minimum absolute atomic E-state index is 0.0740. The molecule has 0 atom stereocenters. The lowest BCUT2D eigenvalue weighted by molar-refractivity contribution is 0.544. The first kappa shape index (κ1) is 23.1. The smallest absolute Gasteiger partial charge is 0.197 e. The van der Waals surface area contributed by atoms with Crippen LogP contribution in [-0.4, -0.2) is 34.7 Å². The van der Waals surface area contributed by atoms with Crippen LogP contribution in [0.15, 0.2) is 53.6 Å². The predicted molar refractivity (Wildman–Crippen MR) is 121 cm³/mol. The van der Waals surface area contributed by atoms with Crippen molar-refractivity contribution in [1.82, 2.24) is 14.5 Å². The second-order valence-corrected chi connectivity index (χ2v) is 10.6. The van der Waals surface area contributed by atoms with Crippen LogP contribution in [-0.2, 0) is 22.8 Å². The third-order valence-corrected chi connectivity index (χ3v) is 7.31. The molecule has 0 spiro atoms.